The molecule has 0 saturated heterocycles. The van der Waals surface area contributed by atoms with Crippen LogP contribution in [0.1, 0.15) is 43.7 Å². The molecule has 1 aromatic rings. The largest absolute Gasteiger partial charge is 0.326 e. The highest BCUT2D eigenvalue weighted by molar-refractivity contribution is 5.30. The van der Waals surface area contributed by atoms with Crippen LogP contribution >= 0.6 is 0 Å². The predicted molar refractivity (Wildman–Crippen MR) is 71.3 cm³/mol. The van der Waals surface area contributed by atoms with Crippen molar-refractivity contribution in [2.75, 3.05) is 0 Å². The van der Waals surface area contributed by atoms with Crippen molar-refractivity contribution < 1.29 is 0 Å². The van der Waals surface area contributed by atoms with E-state index in [1.165, 1.54) is 17.5 Å². The fourth-order valence-electron chi connectivity index (χ4n) is 2.36. The molecular weight excluding hydrogens is 194 g/mol. The van der Waals surface area contributed by atoms with E-state index in [9.17, 15) is 0 Å². The summed E-state index contributed by atoms with van der Waals surface area (Å²) in [6.07, 6.45) is 4.29. The van der Waals surface area contributed by atoms with E-state index in [4.69, 9.17) is 5.73 Å². The van der Waals surface area contributed by atoms with Gasteiger partial charge in [0.25, 0.3) is 0 Å². The van der Waals surface area contributed by atoms with E-state index < -0.39 is 0 Å². The van der Waals surface area contributed by atoms with Crippen molar-refractivity contribution >= 4 is 0 Å². The third-order valence-corrected chi connectivity index (χ3v) is 3.47. The van der Waals surface area contributed by atoms with E-state index in [1.807, 2.05) is 6.08 Å². The summed E-state index contributed by atoms with van der Waals surface area (Å²) < 4.78 is 0. The molecule has 0 radical (unpaired) electrons. The van der Waals surface area contributed by atoms with Gasteiger partial charge >= 0.3 is 0 Å². The van der Waals surface area contributed by atoms with Crippen LogP contribution in [0.5, 0.6) is 0 Å². The van der Waals surface area contributed by atoms with Crippen molar-refractivity contribution in [2.45, 2.75) is 39.2 Å². The molecule has 1 heteroatoms. The van der Waals surface area contributed by atoms with Crippen LogP contribution in [0.4, 0.5) is 0 Å². The molecule has 0 aliphatic rings. The number of hydrogen-bond donors (Lipinski definition) is 1. The van der Waals surface area contributed by atoms with Gasteiger partial charge in [0.1, 0.15) is 0 Å². The molecule has 2 unspecified atom stereocenters. The molecule has 2 N–H and O–H groups in total. The van der Waals surface area contributed by atoms with E-state index in [0.29, 0.717) is 18.4 Å². The van der Waals surface area contributed by atoms with Gasteiger partial charge in [0.2, 0.25) is 0 Å². The first-order chi connectivity index (χ1) is 7.74. The number of nitrogens with two attached hydrogens (primary N) is 1. The average Bonchev–Trinajstić information content (AvgIpc) is 2.35. The van der Waals surface area contributed by atoms with Gasteiger partial charge in [-0.2, -0.15) is 0 Å². The Labute approximate surface area is 99.4 Å². The molecule has 0 amide bonds. The Morgan fingerprint density at radius 1 is 1.38 bits per heavy atom. The van der Waals surface area contributed by atoms with Crippen molar-refractivity contribution in [3.63, 3.8) is 0 Å². The van der Waals surface area contributed by atoms with Crippen molar-refractivity contribution in [1.82, 2.24) is 0 Å². The first-order valence-electron chi connectivity index (χ1n) is 6.13. The molecule has 0 aromatic heterocycles. The SMILES string of the molecule is C=CCC(CC)C(C)c1ccccc1CN. The summed E-state index contributed by atoms with van der Waals surface area (Å²) in [7, 11) is 0. The minimum Gasteiger partial charge on any atom is -0.326 e. The number of benzene rings is 1. The maximum atomic E-state index is 5.78. The first-order valence-corrected chi connectivity index (χ1v) is 6.13. The Kier molecular flexibility index (Phi) is 5.27. The Bertz CT molecular complexity index is 330. The van der Waals surface area contributed by atoms with Gasteiger partial charge in [0, 0.05) is 6.54 Å². The highest BCUT2D eigenvalue weighted by Crippen LogP contribution is 2.31. The molecule has 0 aliphatic heterocycles. The van der Waals surface area contributed by atoms with E-state index in [2.05, 4.69) is 44.7 Å². The van der Waals surface area contributed by atoms with Crippen LogP contribution in [0.15, 0.2) is 36.9 Å². The summed E-state index contributed by atoms with van der Waals surface area (Å²) in [6, 6.07) is 8.50. The maximum absolute atomic E-state index is 5.78. The molecule has 0 heterocycles. The third kappa shape index (κ3) is 2.96. The van der Waals surface area contributed by atoms with Gasteiger partial charge in [-0.25, -0.2) is 0 Å². The van der Waals surface area contributed by atoms with Gasteiger partial charge in [-0.1, -0.05) is 50.6 Å². The van der Waals surface area contributed by atoms with Crippen LogP contribution in [0.2, 0.25) is 0 Å². The monoisotopic (exact) mass is 217 g/mol. The summed E-state index contributed by atoms with van der Waals surface area (Å²) in [5.74, 6) is 1.23. The smallest absolute Gasteiger partial charge is 0.0180 e. The second kappa shape index (κ2) is 6.49. The molecular formula is C15H23N. The first kappa shape index (κ1) is 13.0. The zero-order valence-electron chi connectivity index (χ0n) is 10.4. The molecule has 88 valence electrons. The van der Waals surface area contributed by atoms with E-state index in [-0.39, 0.29) is 0 Å². The second-order valence-corrected chi connectivity index (χ2v) is 4.38. The van der Waals surface area contributed by atoms with Gasteiger partial charge in [-0.15, -0.1) is 6.58 Å². The quantitative estimate of drug-likeness (QED) is 0.720. The fraction of sp³-hybridized carbons (Fsp3) is 0.467. The van der Waals surface area contributed by atoms with Gasteiger partial charge in [0.15, 0.2) is 0 Å². The highest BCUT2D eigenvalue weighted by atomic mass is 14.5. The lowest BCUT2D eigenvalue weighted by Crippen LogP contribution is -2.12. The molecule has 0 saturated carbocycles. The summed E-state index contributed by atoms with van der Waals surface area (Å²) in [4.78, 5) is 0. The van der Waals surface area contributed by atoms with Gasteiger partial charge < -0.3 is 5.73 Å². The minimum atomic E-state index is 0.558. The molecule has 1 aromatic carbocycles. The lowest BCUT2D eigenvalue weighted by atomic mass is 9.82. The van der Waals surface area contributed by atoms with Gasteiger partial charge in [0.05, 0.1) is 0 Å². The normalized spacial score (nSPS) is 14.4. The zero-order valence-corrected chi connectivity index (χ0v) is 10.4. The fourth-order valence-corrected chi connectivity index (χ4v) is 2.36. The Hall–Kier alpha value is -1.08. The molecule has 16 heavy (non-hydrogen) atoms. The lowest BCUT2D eigenvalue weighted by Gasteiger charge is -2.24. The summed E-state index contributed by atoms with van der Waals surface area (Å²) in [5.41, 5.74) is 8.46. The van der Waals surface area contributed by atoms with Crippen molar-refractivity contribution in [2.24, 2.45) is 11.7 Å². The molecule has 1 rings (SSSR count). The Morgan fingerprint density at radius 3 is 2.62 bits per heavy atom. The third-order valence-electron chi connectivity index (χ3n) is 3.47. The second-order valence-electron chi connectivity index (χ2n) is 4.38. The van der Waals surface area contributed by atoms with E-state index in [1.54, 1.807) is 0 Å². The topological polar surface area (TPSA) is 26.0 Å². The van der Waals surface area contributed by atoms with Crippen LogP contribution < -0.4 is 5.73 Å². The lowest BCUT2D eigenvalue weighted by molar-refractivity contribution is 0.435. The van der Waals surface area contributed by atoms with E-state index in [0.717, 1.165) is 6.42 Å². The summed E-state index contributed by atoms with van der Waals surface area (Å²) in [6.45, 7) is 9.02. The molecule has 1 nitrogen and oxygen atoms in total. The molecule has 0 fully saturated rings. The Morgan fingerprint density at radius 2 is 2.06 bits per heavy atom. The van der Waals surface area contributed by atoms with Crippen LogP contribution in [0.25, 0.3) is 0 Å². The molecule has 0 aliphatic carbocycles. The van der Waals surface area contributed by atoms with Gasteiger partial charge in [-0.3, -0.25) is 0 Å². The van der Waals surface area contributed by atoms with Crippen LogP contribution in [-0.2, 0) is 6.54 Å². The average molecular weight is 217 g/mol. The number of hydrogen-bond acceptors (Lipinski definition) is 1. The summed E-state index contributed by atoms with van der Waals surface area (Å²) in [5, 5.41) is 0. The van der Waals surface area contributed by atoms with Crippen molar-refractivity contribution in [1.29, 1.82) is 0 Å². The van der Waals surface area contributed by atoms with E-state index >= 15 is 0 Å². The maximum Gasteiger partial charge on any atom is 0.0180 e. The molecule has 2 atom stereocenters. The van der Waals surface area contributed by atoms with Gasteiger partial charge in [-0.05, 0) is 29.4 Å². The zero-order chi connectivity index (χ0) is 12.0. The molecule has 0 spiro atoms. The minimum absolute atomic E-state index is 0.558. The van der Waals surface area contributed by atoms with Crippen LogP contribution in [0.3, 0.4) is 0 Å². The number of allylic oxidation sites excluding steroid dienone is 1. The van der Waals surface area contributed by atoms with Crippen molar-refractivity contribution in [3.05, 3.63) is 48.0 Å². The Balaban J connectivity index is 2.92. The predicted octanol–water partition coefficient (Wildman–Crippen LogP) is 3.85. The molecule has 0 bridgehead atoms. The standard InChI is InChI=1S/C15H23N/c1-4-8-13(5-2)12(3)15-10-7-6-9-14(15)11-16/h4,6-7,9-10,12-13H,1,5,8,11,16H2,2-3H3. The number of rotatable bonds is 6. The van der Waals surface area contributed by atoms with Crippen LogP contribution in [-0.4, -0.2) is 0 Å². The van der Waals surface area contributed by atoms with Crippen LogP contribution in [0, 0.1) is 5.92 Å². The summed E-state index contributed by atoms with van der Waals surface area (Å²) >= 11 is 0. The van der Waals surface area contributed by atoms with Crippen molar-refractivity contribution in [3.8, 4) is 0 Å². The highest BCUT2D eigenvalue weighted by Gasteiger charge is 2.17.